The SMILES string of the molecule is COCCNC(=O)C1(C(=O)N2CCC(C)CC2)CC1. The molecule has 2 aliphatic rings. The summed E-state index contributed by atoms with van der Waals surface area (Å²) in [6.07, 6.45) is 3.48. The average Bonchev–Trinajstić information content (AvgIpc) is 3.20. The molecular formula is C14H24N2O3. The van der Waals surface area contributed by atoms with E-state index in [1.54, 1.807) is 7.11 Å². The fourth-order valence-corrected chi connectivity index (χ4v) is 2.61. The van der Waals surface area contributed by atoms with E-state index in [0.717, 1.165) is 25.9 Å². The van der Waals surface area contributed by atoms with Crippen LogP contribution in [0.15, 0.2) is 0 Å². The van der Waals surface area contributed by atoms with Gasteiger partial charge in [0.15, 0.2) is 0 Å². The maximum absolute atomic E-state index is 12.5. The molecule has 1 N–H and O–H groups in total. The summed E-state index contributed by atoms with van der Waals surface area (Å²) in [4.78, 5) is 26.5. The van der Waals surface area contributed by atoms with Gasteiger partial charge in [-0.25, -0.2) is 0 Å². The van der Waals surface area contributed by atoms with Crippen molar-refractivity contribution in [1.29, 1.82) is 0 Å². The summed E-state index contributed by atoms with van der Waals surface area (Å²) < 4.78 is 4.90. The summed E-state index contributed by atoms with van der Waals surface area (Å²) in [7, 11) is 1.60. The van der Waals surface area contributed by atoms with Crippen molar-refractivity contribution < 1.29 is 14.3 Å². The third-order valence-corrected chi connectivity index (χ3v) is 4.26. The second-order valence-electron chi connectivity index (χ2n) is 5.81. The zero-order valence-corrected chi connectivity index (χ0v) is 11.9. The zero-order chi connectivity index (χ0) is 13.9. The summed E-state index contributed by atoms with van der Waals surface area (Å²) in [5, 5.41) is 2.80. The van der Waals surface area contributed by atoms with Crippen molar-refractivity contribution in [3.8, 4) is 0 Å². The fourth-order valence-electron chi connectivity index (χ4n) is 2.61. The molecule has 2 rings (SSSR count). The molecule has 1 saturated heterocycles. The topological polar surface area (TPSA) is 58.6 Å². The summed E-state index contributed by atoms with van der Waals surface area (Å²) in [5.74, 6) is 0.609. The third-order valence-electron chi connectivity index (χ3n) is 4.26. The number of nitrogens with zero attached hydrogens (tertiary/aromatic N) is 1. The first kappa shape index (κ1) is 14.3. The first-order valence-electron chi connectivity index (χ1n) is 7.17. The Hall–Kier alpha value is -1.10. The summed E-state index contributed by atoms with van der Waals surface area (Å²) >= 11 is 0. The van der Waals surface area contributed by atoms with E-state index in [9.17, 15) is 9.59 Å². The van der Waals surface area contributed by atoms with Gasteiger partial charge >= 0.3 is 0 Å². The molecular weight excluding hydrogens is 244 g/mol. The van der Waals surface area contributed by atoms with Crippen molar-refractivity contribution in [3.63, 3.8) is 0 Å². The van der Waals surface area contributed by atoms with E-state index >= 15 is 0 Å². The van der Waals surface area contributed by atoms with Gasteiger partial charge in [0.1, 0.15) is 5.41 Å². The van der Waals surface area contributed by atoms with Gasteiger partial charge in [-0.2, -0.15) is 0 Å². The van der Waals surface area contributed by atoms with Crippen LogP contribution in [0, 0.1) is 11.3 Å². The Labute approximate surface area is 114 Å². The van der Waals surface area contributed by atoms with Crippen molar-refractivity contribution in [2.75, 3.05) is 33.4 Å². The predicted octanol–water partition coefficient (Wildman–Crippen LogP) is 0.788. The van der Waals surface area contributed by atoms with Crippen molar-refractivity contribution in [2.24, 2.45) is 11.3 Å². The lowest BCUT2D eigenvalue weighted by molar-refractivity contribution is -0.145. The smallest absolute Gasteiger partial charge is 0.238 e. The van der Waals surface area contributed by atoms with Crippen LogP contribution in [0.3, 0.4) is 0 Å². The van der Waals surface area contributed by atoms with E-state index in [1.165, 1.54) is 0 Å². The van der Waals surface area contributed by atoms with Gasteiger partial charge < -0.3 is 15.0 Å². The van der Waals surface area contributed by atoms with Crippen LogP contribution in [0.1, 0.15) is 32.6 Å². The van der Waals surface area contributed by atoms with Crippen molar-refractivity contribution >= 4 is 11.8 Å². The van der Waals surface area contributed by atoms with Crippen LogP contribution in [-0.4, -0.2) is 50.1 Å². The van der Waals surface area contributed by atoms with E-state index in [4.69, 9.17) is 4.74 Å². The molecule has 0 spiro atoms. The summed E-state index contributed by atoms with van der Waals surface area (Å²) in [6.45, 7) is 4.77. The van der Waals surface area contributed by atoms with Crippen molar-refractivity contribution in [2.45, 2.75) is 32.6 Å². The maximum atomic E-state index is 12.5. The molecule has 1 aliphatic carbocycles. The zero-order valence-electron chi connectivity index (χ0n) is 11.9. The van der Waals surface area contributed by atoms with Crippen LogP contribution < -0.4 is 5.32 Å². The van der Waals surface area contributed by atoms with Crippen LogP contribution in [0.5, 0.6) is 0 Å². The number of hydrogen-bond acceptors (Lipinski definition) is 3. The number of nitrogens with one attached hydrogen (secondary N) is 1. The Morgan fingerprint density at radius 1 is 1.32 bits per heavy atom. The van der Waals surface area contributed by atoms with Gasteiger partial charge in [-0.1, -0.05) is 6.92 Å². The number of ether oxygens (including phenoxy) is 1. The van der Waals surface area contributed by atoms with Crippen LogP contribution in [0.4, 0.5) is 0 Å². The highest BCUT2D eigenvalue weighted by Gasteiger charge is 2.57. The molecule has 0 atom stereocenters. The molecule has 0 aromatic carbocycles. The van der Waals surface area contributed by atoms with E-state index in [-0.39, 0.29) is 11.8 Å². The molecule has 5 heteroatoms. The minimum atomic E-state index is -0.756. The molecule has 5 nitrogen and oxygen atoms in total. The number of carbonyl (C=O) groups is 2. The van der Waals surface area contributed by atoms with E-state index in [2.05, 4.69) is 12.2 Å². The molecule has 0 radical (unpaired) electrons. The monoisotopic (exact) mass is 268 g/mol. The lowest BCUT2D eigenvalue weighted by Gasteiger charge is -2.32. The minimum Gasteiger partial charge on any atom is -0.383 e. The molecule has 108 valence electrons. The molecule has 2 fully saturated rings. The Morgan fingerprint density at radius 2 is 1.95 bits per heavy atom. The molecule has 0 unspecified atom stereocenters. The number of rotatable bonds is 5. The number of hydrogen-bond donors (Lipinski definition) is 1. The van der Waals surface area contributed by atoms with Gasteiger partial charge in [-0.15, -0.1) is 0 Å². The maximum Gasteiger partial charge on any atom is 0.238 e. The van der Waals surface area contributed by atoms with E-state index < -0.39 is 5.41 Å². The lowest BCUT2D eigenvalue weighted by atomic mass is 9.96. The minimum absolute atomic E-state index is 0.0364. The predicted molar refractivity (Wildman–Crippen MR) is 71.5 cm³/mol. The third kappa shape index (κ3) is 3.08. The Morgan fingerprint density at radius 3 is 2.47 bits per heavy atom. The molecule has 2 amide bonds. The summed E-state index contributed by atoms with van der Waals surface area (Å²) in [5.41, 5.74) is -0.756. The number of piperidine rings is 1. The standard InChI is InChI=1S/C14H24N2O3/c1-11-3-8-16(9-4-11)13(18)14(5-6-14)12(17)15-7-10-19-2/h11H,3-10H2,1-2H3,(H,15,17). The second-order valence-corrected chi connectivity index (χ2v) is 5.81. The first-order valence-corrected chi connectivity index (χ1v) is 7.17. The van der Waals surface area contributed by atoms with Crippen molar-refractivity contribution in [1.82, 2.24) is 10.2 Å². The van der Waals surface area contributed by atoms with Gasteiger partial charge in [0.2, 0.25) is 11.8 Å². The lowest BCUT2D eigenvalue weighted by Crippen LogP contribution is -2.48. The van der Waals surface area contributed by atoms with Gasteiger partial charge in [0.05, 0.1) is 6.61 Å². The molecule has 1 aliphatic heterocycles. The fraction of sp³-hybridized carbons (Fsp3) is 0.857. The average molecular weight is 268 g/mol. The number of amides is 2. The largest absolute Gasteiger partial charge is 0.383 e. The molecule has 0 bridgehead atoms. The Balaban J connectivity index is 1.88. The first-order chi connectivity index (χ1) is 9.10. The van der Waals surface area contributed by atoms with Crippen molar-refractivity contribution in [3.05, 3.63) is 0 Å². The number of methoxy groups -OCH3 is 1. The molecule has 19 heavy (non-hydrogen) atoms. The molecule has 1 saturated carbocycles. The van der Waals surface area contributed by atoms with Gasteiger partial charge in [0, 0.05) is 26.7 Å². The Kier molecular flexibility index (Phi) is 4.45. The molecule has 1 heterocycles. The van der Waals surface area contributed by atoms with Gasteiger partial charge in [-0.05, 0) is 31.6 Å². The van der Waals surface area contributed by atoms with E-state index in [1.807, 2.05) is 4.90 Å². The Bertz CT molecular complexity index is 345. The highest BCUT2D eigenvalue weighted by molar-refractivity contribution is 6.07. The van der Waals surface area contributed by atoms with E-state index in [0.29, 0.717) is 31.9 Å². The van der Waals surface area contributed by atoms with Gasteiger partial charge in [-0.3, -0.25) is 9.59 Å². The molecule has 0 aromatic heterocycles. The highest BCUT2D eigenvalue weighted by atomic mass is 16.5. The van der Waals surface area contributed by atoms with Crippen LogP contribution in [0.25, 0.3) is 0 Å². The molecule has 0 aromatic rings. The number of likely N-dealkylation sites (tertiary alicyclic amines) is 1. The normalized spacial score (nSPS) is 22.1. The van der Waals surface area contributed by atoms with Crippen LogP contribution >= 0.6 is 0 Å². The summed E-state index contributed by atoms with van der Waals surface area (Å²) in [6, 6.07) is 0. The van der Waals surface area contributed by atoms with Crippen LogP contribution in [0.2, 0.25) is 0 Å². The number of carbonyl (C=O) groups excluding carboxylic acids is 2. The second kappa shape index (κ2) is 5.90. The van der Waals surface area contributed by atoms with Gasteiger partial charge in [0.25, 0.3) is 0 Å². The highest BCUT2D eigenvalue weighted by Crippen LogP contribution is 2.47. The van der Waals surface area contributed by atoms with Crippen LogP contribution in [-0.2, 0) is 14.3 Å². The quantitative estimate of drug-likeness (QED) is 0.592.